The highest BCUT2D eigenvalue weighted by Crippen LogP contribution is 2.21. The molecule has 1 fully saturated rings. The predicted molar refractivity (Wildman–Crippen MR) is 70.3 cm³/mol. The van der Waals surface area contributed by atoms with Gasteiger partial charge in [0.25, 0.3) is 0 Å². The molecule has 1 aliphatic rings. The van der Waals surface area contributed by atoms with Crippen LogP contribution in [0.4, 0.5) is 0 Å². The molecule has 0 saturated carbocycles. The van der Waals surface area contributed by atoms with Crippen LogP contribution in [0.3, 0.4) is 0 Å². The molecular weight excluding hydrogens is 256 g/mol. The van der Waals surface area contributed by atoms with E-state index in [0.717, 1.165) is 12.8 Å². The van der Waals surface area contributed by atoms with Crippen LogP contribution in [0.25, 0.3) is 0 Å². The van der Waals surface area contributed by atoms with Gasteiger partial charge in [-0.05, 0) is 25.0 Å². The summed E-state index contributed by atoms with van der Waals surface area (Å²) in [5.41, 5.74) is 6.09. The first-order valence-electron chi connectivity index (χ1n) is 5.42. The van der Waals surface area contributed by atoms with Crippen molar-refractivity contribution in [2.75, 3.05) is 13.1 Å². The first-order valence-corrected chi connectivity index (χ1v) is 7.26. The van der Waals surface area contributed by atoms with Gasteiger partial charge in [0.05, 0.1) is 4.90 Å². The maximum Gasteiger partial charge on any atom is 0.243 e. The third-order valence-electron chi connectivity index (χ3n) is 2.82. The van der Waals surface area contributed by atoms with Gasteiger partial charge >= 0.3 is 0 Å². The molecule has 0 spiro atoms. The fourth-order valence-corrected chi connectivity index (χ4v) is 3.58. The Hall–Kier alpha value is -0.980. The van der Waals surface area contributed by atoms with Gasteiger partial charge in [-0.25, -0.2) is 8.42 Å². The number of hydrogen-bond donors (Lipinski definition) is 1. The molecule has 4 nitrogen and oxygen atoms in total. The standard InChI is InChI=1S/C11H14N2O2S2/c12-11(16)9-4-3-5-10(8-9)17(14,15)13-6-1-2-7-13/h3-5,8H,1-2,6-7H2,(H2,12,16). The van der Waals surface area contributed by atoms with E-state index in [4.69, 9.17) is 18.0 Å². The second-order valence-electron chi connectivity index (χ2n) is 4.00. The van der Waals surface area contributed by atoms with Crippen LogP contribution in [0.15, 0.2) is 29.2 Å². The summed E-state index contributed by atoms with van der Waals surface area (Å²) < 4.78 is 26.0. The molecule has 2 N–H and O–H groups in total. The molecule has 0 aromatic heterocycles. The molecule has 0 aliphatic carbocycles. The van der Waals surface area contributed by atoms with Gasteiger partial charge in [0.1, 0.15) is 4.99 Å². The molecule has 1 saturated heterocycles. The molecule has 0 amide bonds. The van der Waals surface area contributed by atoms with E-state index in [-0.39, 0.29) is 9.88 Å². The Bertz CT molecular complexity index is 534. The van der Waals surface area contributed by atoms with Crippen molar-refractivity contribution in [2.45, 2.75) is 17.7 Å². The van der Waals surface area contributed by atoms with Gasteiger partial charge in [0.15, 0.2) is 0 Å². The molecule has 1 aliphatic heterocycles. The largest absolute Gasteiger partial charge is 0.389 e. The van der Waals surface area contributed by atoms with Crippen molar-refractivity contribution in [3.05, 3.63) is 29.8 Å². The summed E-state index contributed by atoms with van der Waals surface area (Å²) in [5.74, 6) is 0. The van der Waals surface area contributed by atoms with E-state index < -0.39 is 10.0 Å². The maximum atomic E-state index is 12.3. The molecule has 92 valence electrons. The van der Waals surface area contributed by atoms with Crippen molar-refractivity contribution in [3.8, 4) is 0 Å². The molecule has 17 heavy (non-hydrogen) atoms. The van der Waals surface area contributed by atoms with Gasteiger partial charge in [-0.2, -0.15) is 4.31 Å². The lowest BCUT2D eigenvalue weighted by Gasteiger charge is -2.15. The molecule has 0 radical (unpaired) electrons. The molecule has 0 atom stereocenters. The van der Waals surface area contributed by atoms with E-state index in [0.29, 0.717) is 18.7 Å². The van der Waals surface area contributed by atoms with E-state index >= 15 is 0 Å². The van der Waals surface area contributed by atoms with Crippen LogP contribution in [0, 0.1) is 0 Å². The number of nitrogens with zero attached hydrogens (tertiary/aromatic N) is 1. The van der Waals surface area contributed by atoms with Crippen molar-refractivity contribution in [3.63, 3.8) is 0 Å². The predicted octanol–water partition coefficient (Wildman–Crippen LogP) is 1.11. The average Bonchev–Trinajstić information content (AvgIpc) is 2.83. The smallest absolute Gasteiger partial charge is 0.243 e. The van der Waals surface area contributed by atoms with Gasteiger partial charge in [0, 0.05) is 18.7 Å². The lowest BCUT2D eigenvalue weighted by Crippen LogP contribution is -2.28. The molecule has 1 aromatic carbocycles. The van der Waals surface area contributed by atoms with Crippen LogP contribution in [-0.4, -0.2) is 30.8 Å². The molecule has 1 heterocycles. The lowest BCUT2D eigenvalue weighted by atomic mass is 10.2. The third kappa shape index (κ3) is 2.48. The number of benzene rings is 1. The van der Waals surface area contributed by atoms with Crippen LogP contribution in [-0.2, 0) is 10.0 Å². The van der Waals surface area contributed by atoms with E-state index in [1.807, 2.05) is 0 Å². The summed E-state index contributed by atoms with van der Waals surface area (Å²) in [6.07, 6.45) is 1.85. The van der Waals surface area contributed by atoms with Crippen LogP contribution >= 0.6 is 12.2 Å². The Morgan fingerprint density at radius 2 is 1.94 bits per heavy atom. The Morgan fingerprint density at radius 1 is 1.29 bits per heavy atom. The van der Waals surface area contributed by atoms with Crippen molar-refractivity contribution < 1.29 is 8.42 Å². The number of rotatable bonds is 3. The van der Waals surface area contributed by atoms with Crippen LogP contribution < -0.4 is 5.73 Å². The summed E-state index contributed by atoms with van der Waals surface area (Å²) in [6, 6.07) is 6.49. The lowest BCUT2D eigenvalue weighted by molar-refractivity contribution is 0.477. The molecule has 1 aromatic rings. The number of sulfonamides is 1. The summed E-state index contributed by atoms with van der Waals surface area (Å²) in [5, 5.41) is 0. The molecule has 6 heteroatoms. The minimum atomic E-state index is -3.38. The van der Waals surface area contributed by atoms with E-state index in [9.17, 15) is 8.42 Å². The molecule has 0 unspecified atom stereocenters. The topological polar surface area (TPSA) is 63.4 Å². The number of nitrogens with two attached hydrogens (primary N) is 1. The minimum Gasteiger partial charge on any atom is -0.389 e. The highest BCUT2D eigenvalue weighted by Gasteiger charge is 2.27. The third-order valence-corrected chi connectivity index (χ3v) is 4.95. The van der Waals surface area contributed by atoms with Crippen molar-refractivity contribution in [2.24, 2.45) is 5.73 Å². The second-order valence-corrected chi connectivity index (χ2v) is 6.38. The van der Waals surface area contributed by atoms with Crippen molar-refractivity contribution >= 4 is 27.2 Å². The molecule has 2 rings (SSSR count). The Balaban J connectivity index is 2.39. The second kappa shape index (κ2) is 4.72. The van der Waals surface area contributed by atoms with Gasteiger partial charge < -0.3 is 5.73 Å². The highest BCUT2D eigenvalue weighted by atomic mass is 32.2. The normalized spacial score (nSPS) is 17.2. The van der Waals surface area contributed by atoms with Gasteiger partial charge in [0.2, 0.25) is 10.0 Å². The summed E-state index contributed by atoms with van der Waals surface area (Å²) in [6.45, 7) is 1.19. The minimum absolute atomic E-state index is 0.212. The number of hydrogen-bond acceptors (Lipinski definition) is 3. The monoisotopic (exact) mass is 270 g/mol. The van der Waals surface area contributed by atoms with Crippen LogP contribution in [0.1, 0.15) is 18.4 Å². The van der Waals surface area contributed by atoms with E-state index in [2.05, 4.69) is 0 Å². The number of thiocarbonyl (C=S) groups is 1. The van der Waals surface area contributed by atoms with Crippen molar-refractivity contribution in [1.82, 2.24) is 4.31 Å². The van der Waals surface area contributed by atoms with Gasteiger partial charge in [-0.15, -0.1) is 0 Å². The zero-order valence-corrected chi connectivity index (χ0v) is 10.9. The zero-order chi connectivity index (χ0) is 12.5. The molecular formula is C11H14N2O2S2. The highest BCUT2D eigenvalue weighted by molar-refractivity contribution is 7.89. The van der Waals surface area contributed by atoms with E-state index in [1.165, 1.54) is 10.4 Å². The fourth-order valence-electron chi connectivity index (χ4n) is 1.89. The van der Waals surface area contributed by atoms with Crippen LogP contribution in [0.2, 0.25) is 0 Å². The van der Waals surface area contributed by atoms with E-state index in [1.54, 1.807) is 18.2 Å². The SMILES string of the molecule is NC(=S)c1cccc(S(=O)(=O)N2CCCC2)c1. The Morgan fingerprint density at radius 3 is 2.53 bits per heavy atom. The first-order chi connectivity index (χ1) is 8.01. The van der Waals surface area contributed by atoms with Crippen LogP contribution in [0.5, 0.6) is 0 Å². The average molecular weight is 270 g/mol. The molecule has 0 bridgehead atoms. The summed E-state index contributed by atoms with van der Waals surface area (Å²) in [7, 11) is -3.38. The summed E-state index contributed by atoms with van der Waals surface area (Å²) >= 11 is 4.85. The quantitative estimate of drug-likeness (QED) is 0.836. The van der Waals surface area contributed by atoms with Gasteiger partial charge in [-0.1, -0.05) is 24.4 Å². The van der Waals surface area contributed by atoms with Crippen molar-refractivity contribution in [1.29, 1.82) is 0 Å². The Kier molecular flexibility index (Phi) is 3.46. The maximum absolute atomic E-state index is 12.3. The Labute approximate surface area is 106 Å². The first kappa shape index (κ1) is 12.5. The fraction of sp³-hybridized carbons (Fsp3) is 0.364. The van der Waals surface area contributed by atoms with Gasteiger partial charge in [-0.3, -0.25) is 0 Å². The zero-order valence-electron chi connectivity index (χ0n) is 9.30. The summed E-state index contributed by atoms with van der Waals surface area (Å²) in [4.78, 5) is 0.480.